The van der Waals surface area contributed by atoms with Gasteiger partial charge in [0.1, 0.15) is 7.05 Å². The van der Waals surface area contributed by atoms with Crippen LogP contribution in [0.2, 0.25) is 0 Å². The summed E-state index contributed by atoms with van der Waals surface area (Å²) in [6, 6.07) is 11.2. The van der Waals surface area contributed by atoms with Crippen molar-refractivity contribution in [3.63, 3.8) is 0 Å². The molecule has 2 aromatic carbocycles. The molecule has 0 N–H and O–H groups in total. The molecule has 0 bridgehead atoms. The Labute approximate surface area is 224 Å². The van der Waals surface area contributed by atoms with E-state index < -0.39 is 0 Å². The first-order valence-corrected chi connectivity index (χ1v) is 14.1. The predicted octanol–water partition coefficient (Wildman–Crippen LogP) is 8.38. The molecule has 0 atom stereocenters. The number of nitrogens with zero attached hydrogens (tertiary/aromatic N) is 3. The summed E-state index contributed by atoms with van der Waals surface area (Å²) in [7, 11) is 2.19. The summed E-state index contributed by atoms with van der Waals surface area (Å²) >= 11 is 1.94. The number of aromatic nitrogens is 3. The number of rotatable bonds is 2. The van der Waals surface area contributed by atoms with Crippen LogP contribution in [-0.4, -0.2) is 9.97 Å². The zero-order valence-electron chi connectivity index (χ0n) is 23.3. The van der Waals surface area contributed by atoms with Crippen LogP contribution in [0.5, 0.6) is 0 Å². The van der Waals surface area contributed by atoms with Crippen LogP contribution in [-0.2, 0) is 19.9 Å². The summed E-state index contributed by atoms with van der Waals surface area (Å²) < 4.78 is 2.33. The van der Waals surface area contributed by atoms with Gasteiger partial charge in [-0.15, -0.1) is 0 Å². The second-order valence-electron chi connectivity index (χ2n) is 13.1. The van der Waals surface area contributed by atoms with E-state index >= 15 is 0 Å². The van der Waals surface area contributed by atoms with Crippen molar-refractivity contribution in [2.45, 2.75) is 71.1 Å². The second kappa shape index (κ2) is 8.26. The van der Waals surface area contributed by atoms with E-state index in [2.05, 4.69) is 96.6 Å². The molecule has 188 valence electrons. The third-order valence-corrected chi connectivity index (χ3v) is 8.61. The molecule has 0 aliphatic carbocycles. The molecule has 0 spiro atoms. The minimum absolute atomic E-state index is 0.152. The Kier molecular flexibility index (Phi) is 5.44. The van der Waals surface area contributed by atoms with Crippen molar-refractivity contribution in [1.82, 2.24) is 9.97 Å². The van der Waals surface area contributed by atoms with Gasteiger partial charge in [-0.05, 0) is 65.3 Å². The maximum absolute atomic E-state index is 4.93. The van der Waals surface area contributed by atoms with Crippen LogP contribution < -0.4 is 4.57 Å². The molecule has 4 heterocycles. The van der Waals surface area contributed by atoms with Gasteiger partial charge in [0.25, 0.3) is 0 Å². The van der Waals surface area contributed by atoms with E-state index in [1.54, 1.807) is 0 Å². The van der Waals surface area contributed by atoms with Gasteiger partial charge < -0.3 is 0 Å². The number of benzene rings is 2. The van der Waals surface area contributed by atoms with E-state index in [4.69, 9.17) is 9.97 Å². The van der Waals surface area contributed by atoms with Crippen molar-refractivity contribution in [2.24, 2.45) is 17.9 Å². The first-order chi connectivity index (χ1) is 17.4. The number of pyridine rings is 3. The number of fused-ring (bicyclic) bond motifs is 5. The molecule has 4 heteroatoms. The molecule has 0 amide bonds. The van der Waals surface area contributed by atoms with Gasteiger partial charge in [-0.1, -0.05) is 59.4 Å². The molecule has 6 rings (SSSR count). The van der Waals surface area contributed by atoms with Crippen molar-refractivity contribution in [3.05, 3.63) is 65.7 Å². The minimum Gasteiger partial charge on any atom is -0.261 e. The van der Waals surface area contributed by atoms with Gasteiger partial charge in [0.15, 0.2) is 6.20 Å². The van der Waals surface area contributed by atoms with Crippen molar-refractivity contribution in [2.75, 3.05) is 0 Å². The standard InChI is InChI=1S/C33H36N3S/c1-19-21-10-9-13-35-29(21)23(17-32(2,3)4)31-26(19)30-28-22(12-15-36(30)8)27-20(16-25(28)37-31)11-14-34-24(27)18-33(5,6)7/h9-16H,17-18H2,1-8H3/q+1. The van der Waals surface area contributed by atoms with E-state index in [1.165, 1.54) is 64.8 Å². The van der Waals surface area contributed by atoms with Gasteiger partial charge in [0, 0.05) is 50.1 Å². The molecule has 3 nitrogen and oxygen atoms in total. The van der Waals surface area contributed by atoms with Gasteiger partial charge in [-0.25, -0.2) is 4.57 Å². The Morgan fingerprint density at radius 3 is 2.35 bits per heavy atom. The summed E-state index contributed by atoms with van der Waals surface area (Å²) in [5.41, 5.74) is 8.03. The molecule has 0 unspecified atom stereocenters. The summed E-state index contributed by atoms with van der Waals surface area (Å²) in [4.78, 5) is 12.5. The topological polar surface area (TPSA) is 29.7 Å². The Morgan fingerprint density at radius 1 is 0.865 bits per heavy atom. The van der Waals surface area contributed by atoms with E-state index in [9.17, 15) is 0 Å². The van der Waals surface area contributed by atoms with Crippen molar-refractivity contribution in [3.8, 4) is 11.3 Å². The van der Waals surface area contributed by atoms with Crippen LogP contribution >= 0.6 is 11.8 Å². The SMILES string of the molecule is Cc1c2c(c(CC(C)(C)C)c3ncccc13)Sc1cc3ccnc(CC(C)(C)C)c3c3cc[n+](C)c-2c13. The predicted molar refractivity (Wildman–Crippen MR) is 156 cm³/mol. The summed E-state index contributed by atoms with van der Waals surface area (Å²) in [5, 5.41) is 6.51. The number of hydrogen-bond donors (Lipinski definition) is 0. The molecular formula is C33H36N3S+. The monoisotopic (exact) mass is 506 g/mol. The fraction of sp³-hybridized carbons (Fsp3) is 0.364. The van der Waals surface area contributed by atoms with Crippen molar-refractivity contribution < 1.29 is 4.57 Å². The van der Waals surface area contributed by atoms with Gasteiger partial charge in [-0.3, -0.25) is 9.97 Å². The lowest BCUT2D eigenvalue weighted by molar-refractivity contribution is -0.659. The zero-order chi connectivity index (χ0) is 26.3. The highest BCUT2D eigenvalue weighted by Gasteiger charge is 2.34. The van der Waals surface area contributed by atoms with Gasteiger partial charge in [0.05, 0.1) is 16.5 Å². The lowest BCUT2D eigenvalue weighted by Gasteiger charge is -2.28. The molecule has 3 aromatic heterocycles. The maximum Gasteiger partial charge on any atom is 0.222 e. The molecule has 0 saturated carbocycles. The maximum atomic E-state index is 4.93. The summed E-state index contributed by atoms with van der Waals surface area (Å²) in [5.74, 6) is 0. The molecule has 1 aliphatic heterocycles. The van der Waals surface area contributed by atoms with Gasteiger partial charge in [-0.2, -0.15) is 0 Å². The lowest BCUT2D eigenvalue weighted by Crippen LogP contribution is -2.32. The highest BCUT2D eigenvalue weighted by atomic mass is 32.2. The third-order valence-electron chi connectivity index (χ3n) is 7.42. The van der Waals surface area contributed by atoms with Crippen molar-refractivity contribution >= 4 is 44.2 Å². The molecule has 5 aromatic rings. The summed E-state index contributed by atoms with van der Waals surface area (Å²) in [6.07, 6.45) is 8.10. The zero-order valence-corrected chi connectivity index (χ0v) is 24.1. The quantitative estimate of drug-likeness (QED) is 0.174. The normalized spacial score (nSPS) is 13.5. The van der Waals surface area contributed by atoms with Crippen molar-refractivity contribution in [1.29, 1.82) is 0 Å². The minimum atomic E-state index is 0.152. The smallest absolute Gasteiger partial charge is 0.222 e. The summed E-state index contributed by atoms with van der Waals surface area (Å²) in [6.45, 7) is 16.1. The average Bonchev–Trinajstić information content (AvgIpc) is 2.81. The first-order valence-electron chi connectivity index (χ1n) is 13.2. The molecule has 1 aliphatic rings. The third kappa shape index (κ3) is 4.01. The van der Waals surface area contributed by atoms with E-state index in [-0.39, 0.29) is 10.8 Å². The number of aryl methyl sites for hydroxylation is 2. The van der Waals surface area contributed by atoms with Crippen LogP contribution in [0.4, 0.5) is 0 Å². The Bertz CT molecular complexity index is 1740. The molecule has 0 fully saturated rings. The molecular weight excluding hydrogens is 470 g/mol. The van der Waals surface area contributed by atoms with Crippen LogP contribution in [0.3, 0.4) is 0 Å². The molecule has 37 heavy (non-hydrogen) atoms. The van der Waals surface area contributed by atoms with Gasteiger partial charge >= 0.3 is 0 Å². The van der Waals surface area contributed by atoms with E-state index in [1.807, 2.05) is 24.2 Å². The van der Waals surface area contributed by atoms with Crippen LogP contribution in [0.1, 0.15) is 58.4 Å². The van der Waals surface area contributed by atoms with E-state index in [0.717, 1.165) is 18.4 Å². The largest absolute Gasteiger partial charge is 0.261 e. The fourth-order valence-electron chi connectivity index (χ4n) is 6.00. The van der Waals surface area contributed by atoms with Crippen LogP contribution in [0.15, 0.2) is 58.7 Å². The van der Waals surface area contributed by atoms with Crippen LogP contribution in [0, 0.1) is 17.8 Å². The van der Waals surface area contributed by atoms with E-state index in [0.29, 0.717) is 0 Å². The second-order valence-corrected chi connectivity index (χ2v) is 14.1. The lowest BCUT2D eigenvalue weighted by atomic mass is 9.84. The average molecular weight is 507 g/mol. The highest BCUT2D eigenvalue weighted by Crippen LogP contribution is 2.53. The fourth-order valence-corrected chi connectivity index (χ4v) is 7.36. The number of hydrogen-bond acceptors (Lipinski definition) is 3. The Hall–Kier alpha value is -2.98. The Morgan fingerprint density at radius 2 is 1.62 bits per heavy atom. The molecule has 0 radical (unpaired) electrons. The first kappa shape index (κ1) is 24.4. The Balaban J connectivity index is 1.77. The van der Waals surface area contributed by atoms with Crippen LogP contribution in [0.25, 0.3) is 43.7 Å². The molecule has 0 saturated heterocycles. The van der Waals surface area contributed by atoms with Gasteiger partial charge in [0.2, 0.25) is 5.69 Å². The highest BCUT2D eigenvalue weighted by molar-refractivity contribution is 8.00.